The largest absolute Gasteiger partial charge is 0.478 e. The zero-order valence-electron chi connectivity index (χ0n) is 17.0. The van der Waals surface area contributed by atoms with E-state index in [2.05, 4.69) is 19.9 Å². The van der Waals surface area contributed by atoms with Gasteiger partial charge in [-0.2, -0.15) is 10.1 Å². The average molecular weight is 426 g/mol. The van der Waals surface area contributed by atoms with E-state index in [9.17, 15) is 9.90 Å². The van der Waals surface area contributed by atoms with Gasteiger partial charge in [0.1, 0.15) is 11.6 Å². The van der Waals surface area contributed by atoms with Crippen LogP contribution in [0.25, 0.3) is 16.9 Å². The monoisotopic (exact) mass is 426 g/mol. The topological polar surface area (TPSA) is 96.6 Å². The van der Waals surface area contributed by atoms with Crippen molar-refractivity contribution in [2.75, 3.05) is 49.2 Å². The summed E-state index contributed by atoms with van der Waals surface area (Å²) in [6.07, 6.45) is 5.86. The quantitative estimate of drug-likeness (QED) is 0.680. The van der Waals surface area contributed by atoms with E-state index in [-0.39, 0.29) is 17.3 Å². The van der Waals surface area contributed by atoms with Gasteiger partial charge in [0.15, 0.2) is 0 Å². The van der Waals surface area contributed by atoms with E-state index >= 15 is 4.39 Å². The van der Waals surface area contributed by atoms with Gasteiger partial charge in [0.2, 0.25) is 0 Å². The number of fused-ring (bicyclic) bond motifs is 1. The Kier molecular flexibility index (Phi) is 5.14. The Morgan fingerprint density at radius 2 is 1.81 bits per heavy atom. The van der Waals surface area contributed by atoms with E-state index in [1.54, 1.807) is 0 Å². The van der Waals surface area contributed by atoms with Crippen molar-refractivity contribution in [3.63, 3.8) is 0 Å². The summed E-state index contributed by atoms with van der Waals surface area (Å²) < 4.78 is 21.9. The molecule has 31 heavy (non-hydrogen) atoms. The number of hydrogen-bond acceptors (Lipinski definition) is 7. The highest BCUT2D eigenvalue weighted by Crippen LogP contribution is 2.33. The molecule has 0 unspecified atom stereocenters. The molecule has 2 aliphatic heterocycles. The molecule has 1 N–H and O–H groups in total. The number of hydrogen-bond donors (Lipinski definition) is 1. The Morgan fingerprint density at radius 1 is 1.03 bits per heavy atom. The second kappa shape index (κ2) is 8.10. The van der Waals surface area contributed by atoms with E-state index in [0.29, 0.717) is 43.3 Å². The molecule has 5 rings (SSSR count). The highest BCUT2D eigenvalue weighted by Gasteiger charge is 2.22. The first-order valence-electron chi connectivity index (χ1n) is 10.5. The molecule has 10 heteroatoms. The van der Waals surface area contributed by atoms with Crippen LogP contribution in [0.2, 0.25) is 0 Å². The van der Waals surface area contributed by atoms with Crippen molar-refractivity contribution in [2.45, 2.75) is 19.3 Å². The highest BCUT2D eigenvalue weighted by molar-refractivity contribution is 5.93. The van der Waals surface area contributed by atoms with Gasteiger partial charge in [-0.05, 0) is 25.3 Å². The first-order chi connectivity index (χ1) is 15.1. The number of rotatable bonds is 4. The van der Waals surface area contributed by atoms with Gasteiger partial charge in [0, 0.05) is 43.8 Å². The minimum atomic E-state index is -1.09. The summed E-state index contributed by atoms with van der Waals surface area (Å²) in [6, 6.07) is 3.28. The maximum Gasteiger partial charge on any atom is 0.338 e. The Bertz CT molecular complexity index is 1120. The second-order valence-corrected chi connectivity index (χ2v) is 7.79. The highest BCUT2D eigenvalue weighted by atomic mass is 19.1. The van der Waals surface area contributed by atoms with Crippen LogP contribution >= 0.6 is 0 Å². The minimum Gasteiger partial charge on any atom is -0.478 e. The van der Waals surface area contributed by atoms with Crippen molar-refractivity contribution >= 4 is 28.4 Å². The lowest BCUT2D eigenvalue weighted by atomic mass is 10.1. The van der Waals surface area contributed by atoms with Crippen LogP contribution < -0.4 is 9.80 Å². The summed E-state index contributed by atoms with van der Waals surface area (Å²) in [6.45, 7) is 4.12. The number of aromatic carboxylic acids is 1. The molecule has 2 aromatic heterocycles. The first-order valence-corrected chi connectivity index (χ1v) is 10.5. The molecule has 4 heterocycles. The fourth-order valence-corrected chi connectivity index (χ4v) is 4.15. The van der Waals surface area contributed by atoms with E-state index in [4.69, 9.17) is 9.72 Å². The van der Waals surface area contributed by atoms with Crippen LogP contribution in [0.15, 0.2) is 24.5 Å². The van der Waals surface area contributed by atoms with Crippen molar-refractivity contribution in [1.29, 1.82) is 0 Å². The van der Waals surface area contributed by atoms with Crippen LogP contribution in [0.5, 0.6) is 0 Å². The lowest BCUT2D eigenvalue weighted by Gasteiger charge is -2.31. The molecular formula is C21H23FN6O3. The summed E-state index contributed by atoms with van der Waals surface area (Å²) in [5.41, 5.74) is 1.06. The number of piperidine rings is 1. The first kappa shape index (κ1) is 19.7. The van der Waals surface area contributed by atoms with Gasteiger partial charge in [-0.3, -0.25) is 0 Å². The average Bonchev–Trinajstić information content (AvgIpc) is 3.30. The second-order valence-electron chi connectivity index (χ2n) is 7.79. The smallest absolute Gasteiger partial charge is 0.338 e. The van der Waals surface area contributed by atoms with Crippen LogP contribution in [0.3, 0.4) is 0 Å². The van der Waals surface area contributed by atoms with Gasteiger partial charge in [-0.25, -0.2) is 18.9 Å². The number of carboxylic acid groups (broad SMARTS) is 1. The Labute approximate surface area is 178 Å². The molecule has 2 fully saturated rings. The number of morpholine rings is 1. The van der Waals surface area contributed by atoms with Crippen molar-refractivity contribution in [1.82, 2.24) is 19.7 Å². The summed E-state index contributed by atoms with van der Waals surface area (Å²) in [7, 11) is 0. The third kappa shape index (κ3) is 3.78. The Hall–Kier alpha value is -3.27. The summed E-state index contributed by atoms with van der Waals surface area (Å²) >= 11 is 0. The molecule has 0 spiro atoms. The van der Waals surface area contributed by atoms with Crippen LogP contribution in [0.1, 0.15) is 29.6 Å². The lowest BCUT2D eigenvalue weighted by molar-refractivity contribution is 0.0697. The molecular weight excluding hydrogens is 403 g/mol. The summed E-state index contributed by atoms with van der Waals surface area (Å²) in [4.78, 5) is 24.6. The molecule has 162 valence electrons. The van der Waals surface area contributed by atoms with Gasteiger partial charge in [0.25, 0.3) is 5.95 Å². The normalized spacial score (nSPS) is 17.3. The number of carbonyl (C=O) groups is 1. The number of aromatic nitrogens is 4. The zero-order valence-corrected chi connectivity index (χ0v) is 17.0. The molecule has 3 aromatic rings. The zero-order chi connectivity index (χ0) is 21.4. The number of halogens is 1. The fourth-order valence-electron chi connectivity index (χ4n) is 4.15. The van der Waals surface area contributed by atoms with Crippen LogP contribution in [0, 0.1) is 5.82 Å². The van der Waals surface area contributed by atoms with Gasteiger partial charge in [0.05, 0.1) is 36.2 Å². The Morgan fingerprint density at radius 3 is 2.52 bits per heavy atom. The lowest BCUT2D eigenvalue weighted by Crippen LogP contribution is -2.37. The van der Waals surface area contributed by atoms with E-state index < -0.39 is 5.97 Å². The number of ether oxygens (including phenoxy) is 1. The van der Waals surface area contributed by atoms with Gasteiger partial charge in [-0.15, -0.1) is 0 Å². The molecule has 0 bridgehead atoms. The number of carboxylic acids is 1. The maximum absolute atomic E-state index is 15.1. The van der Waals surface area contributed by atoms with Crippen molar-refractivity contribution in [3.05, 3.63) is 35.9 Å². The van der Waals surface area contributed by atoms with E-state index in [1.165, 1.54) is 29.6 Å². The van der Waals surface area contributed by atoms with Gasteiger partial charge >= 0.3 is 5.97 Å². The summed E-state index contributed by atoms with van der Waals surface area (Å²) in [5, 5.41) is 14.0. The number of anilines is 2. The van der Waals surface area contributed by atoms with Crippen LogP contribution in [-0.4, -0.2) is 70.2 Å². The fraction of sp³-hybridized carbons (Fsp3) is 0.429. The van der Waals surface area contributed by atoms with Crippen LogP contribution in [0.4, 0.5) is 15.9 Å². The molecule has 9 nitrogen and oxygen atoms in total. The van der Waals surface area contributed by atoms with Crippen molar-refractivity contribution in [3.8, 4) is 5.95 Å². The third-order valence-corrected chi connectivity index (χ3v) is 5.77. The number of benzene rings is 1. The molecule has 0 aliphatic carbocycles. The predicted octanol–water partition coefficient (Wildman–Crippen LogP) is 2.48. The summed E-state index contributed by atoms with van der Waals surface area (Å²) in [5.74, 6) is -0.531. The van der Waals surface area contributed by atoms with Crippen molar-refractivity contribution in [2.24, 2.45) is 0 Å². The van der Waals surface area contributed by atoms with Gasteiger partial charge < -0.3 is 19.6 Å². The minimum absolute atomic E-state index is 0.0308. The molecule has 0 radical (unpaired) electrons. The van der Waals surface area contributed by atoms with Crippen LogP contribution in [-0.2, 0) is 4.74 Å². The molecule has 1 aromatic carbocycles. The maximum atomic E-state index is 15.1. The SMILES string of the molecule is O=C(O)c1cnn(-c2nc(N3CCOCC3)c3cc(N4CCCCC4)c(F)cc3n2)c1. The van der Waals surface area contributed by atoms with Crippen molar-refractivity contribution < 1.29 is 19.0 Å². The molecule has 2 aliphatic rings. The molecule has 0 atom stereocenters. The standard InChI is InChI=1S/C21H23FN6O3/c22-16-11-17-15(10-18(16)26-4-2-1-3-5-26)19(27-6-8-31-9-7-27)25-21(24-17)28-13-14(12-23-28)20(29)30/h10-13H,1-9H2,(H,29,30). The molecule has 0 saturated carbocycles. The molecule has 0 amide bonds. The number of nitrogens with zero attached hydrogens (tertiary/aromatic N) is 6. The van der Waals surface area contributed by atoms with Gasteiger partial charge in [-0.1, -0.05) is 0 Å². The van der Waals surface area contributed by atoms with E-state index in [1.807, 2.05) is 6.07 Å². The van der Waals surface area contributed by atoms with E-state index in [0.717, 1.165) is 31.3 Å². The molecule has 2 saturated heterocycles. The third-order valence-electron chi connectivity index (χ3n) is 5.77. The predicted molar refractivity (Wildman–Crippen MR) is 113 cm³/mol. The Balaban J connectivity index is 1.65.